The number of hydrogen-bond acceptors (Lipinski definition) is 6. The lowest BCUT2D eigenvalue weighted by Gasteiger charge is -2.12. The summed E-state index contributed by atoms with van der Waals surface area (Å²) in [5.41, 5.74) is 5.23. The maximum atomic E-state index is 4.91. The molecule has 0 aromatic carbocycles. The largest absolute Gasteiger partial charge is 0.387 e. The fraction of sp³-hybridized carbons (Fsp3) is 0.150. The Morgan fingerprint density at radius 1 is 1.31 bits per heavy atom. The van der Waals surface area contributed by atoms with E-state index in [9.17, 15) is 0 Å². The predicted molar refractivity (Wildman–Crippen MR) is 115 cm³/mol. The second kappa shape index (κ2) is 7.51. The van der Waals surface area contributed by atoms with E-state index in [4.69, 9.17) is 9.97 Å². The van der Waals surface area contributed by atoms with Gasteiger partial charge in [-0.15, -0.1) is 24.4 Å². The van der Waals surface area contributed by atoms with Gasteiger partial charge in [0.05, 0.1) is 0 Å². The van der Waals surface area contributed by atoms with Crippen molar-refractivity contribution < 1.29 is 0 Å². The van der Waals surface area contributed by atoms with E-state index in [-0.39, 0.29) is 0 Å². The number of fused-ring (bicyclic) bond motifs is 1. The molecule has 0 bridgehead atoms. The van der Waals surface area contributed by atoms with Gasteiger partial charge in [0, 0.05) is 33.9 Å². The topological polar surface area (TPSA) is 50.7 Å². The van der Waals surface area contributed by atoms with Crippen LogP contribution in [0.3, 0.4) is 0 Å². The summed E-state index contributed by atoms with van der Waals surface area (Å²) < 4.78 is 0. The summed E-state index contributed by atoms with van der Waals surface area (Å²) in [6.07, 6.45) is 14.8. The molecule has 0 amide bonds. The highest BCUT2D eigenvalue weighted by atomic mass is 32.2. The molecule has 2 aliphatic rings. The van der Waals surface area contributed by atoms with Gasteiger partial charge in [-0.2, -0.15) is 0 Å². The Morgan fingerprint density at radius 2 is 2.23 bits per heavy atom. The minimum Gasteiger partial charge on any atom is -0.387 e. The number of nitrogens with zero attached hydrogens (tertiary/aromatic N) is 3. The van der Waals surface area contributed by atoms with Crippen molar-refractivity contribution in [1.82, 2.24) is 20.3 Å². The van der Waals surface area contributed by atoms with Gasteiger partial charge in [-0.1, -0.05) is 24.8 Å². The van der Waals surface area contributed by atoms with Crippen LogP contribution < -0.4 is 5.32 Å². The smallest absolute Gasteiger partial charge is 0.178 e. The Morgan fingerprint density at radius 3 is 2.96 bits per heavy atom. The van der Waals surface area contributed by atoms with Crippen molar-refractivity contribution in [3.8, 4) is 0 Å². The molecular formula is C20H18N4S2. The molecule has 2 aliphatic heterocycles. The van der Waals surface area contributed by atoms with Gasteiger partial charge in [0.25, 0.3) is 0 Å². The molecule has 6 heteroatoms. The SMILES string of the molecule is C=C/C=C(\S)c1nc2ncc(C3=CCNC=C3)cc2nc1C1=CCCS1. The van der Waals surface area contributed by atoms with Crippen molar-refractivity contribution in [2.45, 2.75) is 6.42 Å². The van der Waals surface area contributed by atoms with E-state index in [2.05, 4.69) is 47.7 Å². The Bertz CT molecular complexity index is 1000. The van der Waals surface area contributed by atoms with Crippen molar-refractivity contribution in [1.29, 1.82) is 0 Å². The van der Waals surface area contributed by atoms with Crippen molar-refractivity contribution in [3.63, 3.8) is 0 Å². The van der Waals surface area contributed by atoms with Gasteiger partial charge in [-0.25, -0.2) is 15.0 Å². The lowest BCUT2D eigenvalue weighted by molar-refractivity contribution is 0.975. The molecule has 1 N–H and O–H groups in total. The highest BCUT2D eigenvalue weighted by Crippen LogP contribution is 2.37. The Hall–Kier alpha value is -2.31. The van der Waals surface area contributed by atoms with Crippen LogP contribution in [0.4, 0.5) is 0 Å². The van der Waals surface area contributed by atoms with Gasteiger partial charge in [0.15, 0.2) is 5.65 Å². The second-order valence-corrected chi connectivity index (χ2v) is 7.50. The van der Waals surface area contributed by atoms with Gasteiger partial charge >= 0.3 is 0 Å². The second-order valence-electron chi connectivity index (χ2n) is 5.88. The third-order valence-corrected chi connectivity index (χ3v) is 5.60. The van der Waals surface area contributed by atoms with E-state index >= 15 is 0 Å². The fourth-order valence-corrected chi connectivity index (χ4v) is 4.13. The summed E-state index contributed by atoms with van der Waals surface area (Å²) in [5, 5.41) is 3.16. The van der Waals surface area contributed by atoms with E-state index < -0.39 is 0 Å². The molecular weight excluding hydrogens is 360 g/mol. The van der Waals surface area contributed by atoms with Crippen LogP contribution in [0.2, 0.25) is 0 Å². The van der Waals surface area contributed by atoms with Gasteiger partial charge in [0.2, 0.25) is 0 Å². The first-order valence-electron chi connectivity index (χ1n) is 8.40. The zero-order chi connectivity index (χ0) is 17.9. The maximum Gasteiger partial charge on any atom is 0.178 e. The normalized spacial score (nSPS) is 17.0. The molecule has 4 heterocycles. The average molecular weight is 379 g/mol. The third kappa shape index (κ3) is 3.34. The molecule has 2 aromatic rings. The summed E-state index contributed by atoms with van der Waals surface area (Å²) in [7, 11) is 0. The number of thiol groups is 1. The number of allylic oxidation sites excluding steroid dienone is 5. The number of rotatable bonds is 4. The molecule has 4 rings (SSSR count). The predicted octanol–water partition coefficient (Wildman–Crippen LogP) is 4.46. The van der Waals surface area contributed by atoms with Crippen LogP contribution in [0.5, 0.6) is 0 Å². The van der Waals surface area contributed by atoms with Crippen LogP contribution in [0.1, 0.15) is 23.4 Å². The van der Waals surface area contributed by atoms with Crippen LogP contribution in [0.25, 0.3) is 26.5 Å². The average Bonchev–Trinajstić information content (AvgIpc) is 3.22. The van der Waals surface area contributed by atoms with Gasteiger partial charge < -0.3 is 5.32 Å². The molecule has 0 saturated heterocycles. The minimum absolute atomic E-state index is 0.624. The van der Waals surface area contributed by atoms with Crippen LogP contribution >= 0.6 is 24.4 Å². The third-order valence-electron chi connectivity index (χ3n) is 4.13. The summed E-state index contributed by atoms with van der Waals surface area (Å²) >= 11 is 6.40. The van der Waals surface area contributed by atoms with Gasteiger partial charge in [-0.3, -0.25) is 0 Å². The molecule has 4 nitrogen and oxygen atoms in total. The summed E-state index contributed by atoms with van der Waals surface area (Å²) in [5.74, 6) is 1.07. The van der Waals surface area contributed by atoms with E-state index in [1.165, 1.54) is 0 Å². The standard InChI is InChI=1S/C20H18N4S2/c1-2-4-16(25)18-19(17-5-3-10-26-17)23-15-11-14(12-22-20(15)24-18)13-6-8-21-9-7-13/h2,4-8,11-12,21,25H,1,3,9-10H2/b16-4-. The minimum atomic E-state index is 0.624. The number of nitrogens with one attached hydrogen (secondary N) is 1. The maximum absolute atomic E-state index is 4.91. The Balaban J connectivity index is 1.88. The van der Waals surface area contributed by atoms with Gasteiger partial charge in [0.1, 0.15) is 16.9 Å². The molecule has 130 valence electrons. The number of dihydropyridines is 1. The first-order valence-corrected chi connectivity index (χ1v) is 9.83. The van der Waals surface area contributed by atoms with Crippen LogP contribution in [0.15, 0.2) is 55.4 Å². The van der Waals surface area contributed by atoms with E-state index in [0.29, 0.717) is 5.65 Å². The lowest BCUT2D eigenvalue weighted by Crippen LogP contribution is -2.08. The molecule has 0 fully saturated rings. The van der Waals surface area contributed by atoms with Crippen LogP contribution in [-0.4, -0.2) is 27.2 Å². The fourth-order valence-electron chi connectivity index (χ4n) is 2.90. The summed E-state index contributed by atoms with van der Waals surface area (Å²) in [6.45, 7) is 4.57. The molecule has 0 spiro atoms. The van der Waals surface area contributed by atoms with Crippen molar-refractivity contribution in [2.75, 3.05) is 12.3 Å². The lowest BCUT2D eigenvalue weighted by atomic mass is 10.1. The van der Waals surface area contributed by atoms with Gasteiger partial charge in [-0.05, 0) is 36.4 Å². The number of thioether (sulfide) groups is 1. The van der Waals surface area contributed by atoms with E-state index in [0.717, 1.165) is 56.6 Å². The number of pyridine rings is 1. The first-order chi connectivity index (χ1) is 12.8. The summed E-state index contributed by atoms with van der Waals surface area (Å²) in [4.78, 5) is 16.1. The molecule has 2 aromatic heterocycles. The zero-order valence-corrected chi connectivity index (χ0v) is 15.9. The molecule has 0 radical (unpaired) electrons. The molecule has 0 unspecified atom stereocenters. The molecule has 0 atom stereocenters. The van der Waals surface area contributed by atoms with Crippen molar-refractivity contribution >= 4 is 50.9 Å². The monoisotopic (exact) mass is 378 g/mol. The highest BCUT2D eigenvalue weighted by Gasteiger charge is 2.18. The van der Waals surface area contributed by atoms with Crippen molar-refractivity contribution in [3.05, 3.63) is 72.4 Å². The highest BCUT2D eigenvalue weighted by molar-refractivity contribution is 8.08. The zero-order valence-electron chi connectivity index (χ0n) is 14.1. The number of aromatic nitrogens is 3. The quantitative estimate of drug-likeness (QED) is 0.608. The first kappa shape index (κ1) is 17.1. The Kier molecular flexibility index (Phi) is 4.95. The molecule has 26 heavy (non-hydrogen) atoms. The van der Waals surface area contributed by atoms with E-state index in [1.54, 1.807) is 17.8 Å². The van der Waals surface area contributed by atoms with Crippen LogP contribution in [-0.2, 0) is 0 Å². The molecule has 0 aliphatic carbocycles. The van der Waals surface area contributed by atoms with E-state index in [1.807, 2.05) is 24.5 Å². The molecule has 0 saturated carbocycles. The van der Waals surface area contributed by atoms with Crippen molar-refractivity contribution in [2.24, 2.45) is 0 Å². The van der Waals surface area contributed by atoms with Crippen LogP contribution in [0, 0.1) is 0 Å². The number of hydrogen-bond donors (Lipinski definition) is 2. The Labute approximate surface area is 162 Å². The summed E-state index contributed by atoms with van der Waals surface area (Å²) in [6, 6.07) is 2.06.